The first-order valence-electron chi connectivity index (χ1n) is 10.4. The van der Waals surface area contributed by atoms with Crippen LogP contribution in [0.25, 0.3) is 5.69 Å². The molecular weight excluding hydrogens is 462 g/mol. The van der Waals surface area contributed by atoms with Crippen LogP contribution >= 0.6 is 15.9 Å². The predicted octanol–water partition coefficient (Wildman–Crippen LogP) is 6.14. The number of nitrogens with zero attached hydrogens (tertiary/aromatic N) is 2. The van der Waals surface area contributed by atoms with Crippen molar-refractivity contribution in [1.29, 1.82) is 0 Å². The summed E-state index contributed by atoms with van der Waals surface area (Å²) in [4.78, 5) is 13.1. The minimum Gasteiger partial charge on any atom is -0.318 e. The van der Waals surface area contributed by atoms with Crippen LogP contribution in [0.3, 0.4) is 0 Å². The van der Waals surface area contributed by atoms with Gasteiger partial charge in [-0.2, -0.15) is 5.10 Å². The largest absolute Gasteiger partial charge is 0.318 e. The summed E-state index contributed by atoms with van der Waals surface area (Å²) in [6.07, 6.45) is 1.71. The number of aryl methyl sites for hydroxylation is 1. The molecule has 3 aromatic carbocycles. The Morgan fingerprint density at radius 1 is 0.906 bits per heavy atom. The Hall–Kier alpha value is -3.44. The van der Waals surface area contributed by atoms with Crippen LogP contribution in [0.4, 0.5) is 0 Å². The van der Waals surface area contributed by atoms with Crippen molar-refractivity contribution in [3.63, 3.8) is 0 Å². The second-order valence-electron chi connectivity index (χ2n) is 7.63. The van der Waals surface area contributed by atoms with Crippen molar-refractivity contribution in [2.45, 2.75) is 19.8 Å². The summed E-state index contributed by atoms with van der Waals surface area (Å²) in [6.45, 7) is 4.11. The van der Waals surface area contributed by atoms with E-state index in [2.05, 4.69) is 56.1 Å². The lowest BCUT2D eigenvalue weighted by Crippen LogP contribution is -2.26. The first-order valence-corrected chi connectivity index (χ1v) is 11.2. The van der Waals surface area contributed by atoms with E-state index in [9.17, 15) is 4.79 Å². The SMILES string of the molecule is Cc1cc(/C=N\NC(=O)C(c2ccccc2)c2ccccc2)c(C)n1-c1cccc(Br)c1. The molecule has 0 saturated heterocycles. The highest BCUT2D eigenvalue weighted by molar-refractivity contribution is 9.10. The molecule has 4 rings (SSSR count). The van der Waals surface area contributed by atoms with E-state index in [0.717, 1.165) is 38.2 Å². The topological polar surface area (TPSA) is 46.4 Å². The van der Waals surface area contributed by atoms with Gasteiger partial charge < -0.3 is 4.57 Å². The van der Waals surface area contributed by atoms with Crippen molar-refractivity contribution in [2.75, 3.05) is 0 Å². The molecule has 5 heteroatoms. The predicted molar refractivity (Wildman–Crippen MR) is 133 cm³/mol. The molecule has 32 heavy (non-hydrogen) atoms. The summed E-state index contributed by atoms with van der Waals surface area (Å²) in [5, 5.41) is 4.29. The second-order valence-corrected chi connectivity index (χ2v) is 8.55. The molecule has 1 aromatic heterocycles. The summed E-state index contributed by atoms with van der Waals surface area (Å²) in [5.41, 5.74) is 8.79. The molecule has 0 unspecified atom stereocenters. The van der Waals surface area contributed by atoms with E-state index in [4.69, 9.17) is 0 Å². The second kappa shape index (κ2) is 9.79. The number of halogens is 1. The number of hydrogen-bond acceptors (Lipinski definition) is 2. The smallest absolute Gasteiger partial charge is 0.252 e. The molecular formula is C27H24BrN3O. The lowest BCUT2D eigenvalue weighted by molar-refractivity contribution is -0.121. The number of hydrazone groups is 1. The molecule has 0 aliphatic heterocycles. The Balaban J connectivity index is 1.57. The van der Waals surface area contributed by atoms with Gasteiger partial charge in [-0.05, 0) is 49.2 Å². The standard InChI is InChI=1S/C27H24BrN3O/c1-19-16-23(20(2)31(19)25-15-9-14-24(28)17-25)18-29-30-27(32)26(21-10-5-3-6-11-21)22-12-7-4-8-13-22/h3-18,26H,1-2H3,(H,30,32)/b29-18-. The van der Waals surface area contributed by atoms with Gasteiger partial charge in [0, 0.05) is 27.1 Å². The van der Waals surface area contributed by atoms with Crippen molar-refractivity contribution in [2.24, 2.45) is 5.10 Å². The fourth-order valence-corrected chi connectivity index (χ4v) is 4.33. The van der Waals surface area contributed by atoms with Gasteiger partial charge in [-0.15, -0.1) is 0 Å². The molecule has 0 spiro atoms. The van der Waals surface area contributed by atoms with Gasteiger partial charge in [0.15, 0.2) is 0 Å². The van der Waals surface area contributed by atoms with Crippen LogP contribution in [0, 0.1) is 13.8 Å². The third-order valence-electron chi connectivity index (χ3n) is 5.44. The van der Waals surface area contributed by atoms with Crippen LogP contribution in [0.5, 0.6) is 0 Å². The number of carbonyl (C=O) groups is 1. The van der Waals surface area contributed by atoms with Crippen LogP contribution in [-0.4, -0.2) is 16.7 Å². The average Bonchev–Trinajstić information content (AvgIpc) is 3.08. The monoisotopic (exact) mass is 485 g/mol. The first kappa shape index (κ1) is 21.8. The number of aromatic nitrogens is 1. The molecule has 0 fully saturated rings. The Bertz CT molecular complexity index is 1210. The summed E-state index contributed by atoms with van der Waals surface area (Å²) in [7, 11) is 0. The van der Waals surface area contributed by atoms with Gasteiger partial charge >= 0.3 is 0 Å². The Labute approximate surface area is 196 Å². The third-order valence-corrected chi connectivity index (χ3v) is 5.94. The number of hydrogen-bond donors (Lipinski definition) is 1. The molecule has 1 N–H and O–H groups in total. The number of amides is 1. The zero-order valence-corrected chi connectivity index (χ0v) is 19.6. The van der Waals surface area contributed by atoms with E-state index in [-0.39, 0.29) is 5.91 Å². The van der Waals surface area contributed by atoms with E-state index in [1.54, 1.807) is 6.21 Å². The molecule has 0 saturated carbocycles. The normalized spacial score (nSPS) is 11.2. The molecule has 0 aliphatic carbocycles. The maximum absolute atomic E-state index is 13.1. The highest BCUT2D eigenvalue weighted by Gasteiger charge is 2.22. The molecule has 0 aliphatic rings. The molecule has 4 nitrogen and oxygen atoms in total. The van der Waals surface area contributed by atoms with Gasteiger partial charge in [-0.3, -0.25) is 4.79 Å². The maximum atomic E-state index is 13.1. The Morgan fingerprint density at radius 3 is 2.12 bits per heavy atom. The van der Waals surface area contributed by atoms with Gasteiger partial charge in [0.25, 0.3) is 5.91 Å². The number of carbonyl (C=O) groups excluding carboxylic acids is 1. The molecule has 1 heterocycles. The fraction of sp³-hybridized carbons (Fsp3) is 0.111. The van der Waals surface area contributed by atoms with Gasteiger partial charge in [0.05, 0.1) is 12.1 Å². The molecule has 1 amide bonds. The van der Waals surface area contributed by atoms with Crippen LogP contribution in [0.1, 0.15) is 34.0 Å². The van der Waals surface area contributed by atoms with Crippen LogP contribution < -0.4 is 5.43 Å². The van der Waals surface area contributed by atoms with Gasteiger partial charge in [-0.25, -0.2) is 5.43 Å². The molecule has 0 bridgehead atoms. The zero-order valence-electron chi connectivity index (χ0n) is 18.0. The number of benzene rings is 3. The van der Waals surface area contributed by atoms with Gasteiger partial charge in [-0.1, -0.05) is 82.7 Å². The lowest BCUT2D eigenvalue weighted by atomic mass is 9.91. The quantitative estimate of drug-likeness (QED) is 0.258. The minimum absolute atomic E-state index is 0.167. The molecule has 4 aromatic rings. The van der Waals surface area contributed by atoms with Crippen LogP contribution in [-0.2, 0) is 4.79 Å². The maximum Gasteiger partial charge on any atom is 0.252 e. The summed E-state index contributed by atoms with van der Waals surface area (Å²) in [6, 6.07) is 29.8. The van der Waals surface area contributed by atoms with E-state index in [1.807, 2.05) is 79.7 Å². The molecule has 160 valence electrons. The van der Waals surface area contributed by atoms with Crippen molar-refractivity contribution in [3.8, 4) is 5.69 Å². The summed E-state index contributed by atoms with van der Waals surface area (Å²) in [5.74, 6) is -0.594. The van der Waals surface area contributed by atoms with E-state index in [0.29, 0.717) is 0 Å². The average molecular weight is 486 g/mol. The first-order chi connectivity index (χ1) is 15.5. The van der Waals surface area contributed by atoms with E-state index in [1.165, 1.54) is 0 Å². The van der Waals surface area contributed by atoms with Gasteiger partial charge in [0.1, 0.15) is 0 Å². The highest BCUT2D eigenvalue weighted by Crippen LogP contribution is 2.25. The summed E-state index contributed by atoms with van der Waals surface area (Å²) < 4.78 is 3.20. The lowest BCUT2D eigenvalue weighted by Gasteiger charge is -2.16. The van der Waals surface area contributed by atoms with Crippen molar-refractivity contribution < 1.29 is 4.79 Å². The minimum atomic E-state index is -0.427. The molecule has 0 atom stereocenters. The van der Waals surface area contributed by atoms with Crippen molar-refractivity contribution >= 4 is 28.1 Å². The fourth-order valence-electron chi connectivity index (χ4n) is 3.95. The van der Waals surface area contributed by atoms with Crippen molar-refractivity contribution in [1.82, 2.24) is 9.99 Å². The van der Waals surface area contributed by atoms with Crippen LogP contribution in [0.15, 0.2) is 101 Å². The Morgan fingerprint density at radius 2 is 1.53 bits per heavy atom. The van der Waals surface area contributed by atoms with E-state index < -0.39 is 5.92 Å². The zero-order chi connectivity index (χ0) is 22.5. The van der Waals surface area contributed by atoms with E-state index >= 15 is 0 Å². The number of rotatable bonds is 6. The third kappa shape index (κ3) is 4.73. The summed E-state index contributed by atoms with van der Waals surface area (Å²) >= 11 is 3.54. The Kier molecular flexibility index (Phi) is 6.66. The van der Waals surface area contributed by atoms with Gasteiger partial charge in [0.2, 0.25) is 0 Å². The van der Waals surface area contributed by atoms with Crippen molar-refractivity contribution in [3.05, 3.63) is 124 Å². The highest BCUT2D eigenvalue weighted by atomic mass is 79.9. The number of nitrogens with one attached hydrogen (secondary N) is 1. The van der Waals surface area contributed by atoms with Crippen LogP contribution in [0.2, 0.25) is 0 Å². The molecule has 0 radical (unpaired) electrons.